The predicted octanol–water partition coefficient (Wildman–Crippen LogP) is 5.42. The highest BCUT2D eigenvalue weighted by molar-refractivity contribution is 6.10. The molecule has 5 nitrogen and oxygen atoms in total. The van der Waals surface area contributed by atoms with Gasteiger partial charge in [0.25, 0.3) is 5.91 Å². The number of aromatic nitrogens is 2. The quantitative estimate of drug-likeness (QED) is 0.464. The standard InChI is InChI=1S/C25H23N3O2/c1-17-12-14-19-8-6-7-11-22(19)28(17)25(29)21-16-27(20-9-4-3-5-10-20)26-24(21)23-15-13-18(2)30-23/h3-11,13,15-17H,12,14H2,1-2H3/t17-/m1/s1. The molecule has 0 aliphatic carbocycles. The average molecular weight is 397 g/mol. The van der Waals surface area contributed by atoms with Gasteiger partial charge >= 0.3 is 0 Å². The minimum absolute atomic E-state index is 0.0547. The van der Waals surface area contributed by atoms with Crippen molar-refractivity contribution >= 4 is 11.6 Å². The SMILES string of the molecule is Cc1ccc(-c2nn(-c3ccccc3)cc2C(=O)N2c3ccccc3CC[C@H]2C)o1. The Balaban J connectivity index is 1.64. The minimum atomic E-state index is -0.0547. The first-order valence-corrected chi connectivity index (χ1v) is 10.2. The third-order valence-corrected chi connectivity index (χ3v) is 5.68. The summed E-state index contributed by atoms with van der Waals surface area (Å²) < 4.78 is 7.60. The number of rotatable bonds is 3. The van der Waals surface area contributed by atoms with Crippen molar-refractivity contribution < 1.29 is 9.21 Å². The molecule has 1 atom stereocenters. The van der Waals surface area contributed by atoms with Gasteiger partial charge in [-0.05, 0) is 62.6 Å². The molecule has 5 rings (SSSR count). The number of hydrogen-bond donors (Lipinski definition) is 0. The monoisotopic (exact) mass is 397 g/mol. The van der Waals surface area contributed by atoms with E-state index in [2.05, 4.69) is 13.0 Å². The molecular formula is C25H23N3O2. The molecule has 0 radical (unpaired) electrons. The van der Waals surface area contributed by atoms with Crippen molar-refractivity contribution in [3.63, 3.8) is 0 Å². The van der Waals surface area contributed by atoms with E-state index in [0.717, 1.165) is 30.0 Å². The lowest BCUT2D eigenvalue weighted by atomic mass is 9.95. The van der Waals surface area contributed by atoms with Gasteiger partial charge in [-0.2, -0.15) is 5.10 Å². The van der Waals surface area contributed by atoms with Crippen molar-refractivity contribution in [3.05, 3.63) is 89.8 Å². The van der Waals surface area contributed by atoms with Crippen LogP contribution in [0.3, 0.4) is 0 Å². The molecule has 2 aromatic heterocycles. The predicted molar refractivity (Wildman–Crippen MR) is 117 cm³/mol. The van der Waals surface area contributed by atoms with Crippen LogP contribution >= 0.6 is 0 Å². The number of aryl methyl sites for hydroxylation is 2. The van der Waals surface area contributed by atoms with E-state index in [0.29, 0.717) is 17.0 Å². The van der Waals surface area contributed by atoms with E-state index in [9.17, 15) is 4.79 Å². The first kappa shape index (κ1) is 18.4. The largest absolute Gasteiger partial charge is 0.460 e. The molecule has 0 saturated carbocycles. The van der Waals surface area contributed by atoms with Crippen LogP contribution in [0.25, 0.3) is 17.1 Å². The van der Waals surface area contributed by atoms with Crippen LogP contribution < -0.4 is 4.90 Å². The molecule has 150 valence electrons. The summed E-state index contributed by atoms with van der Waals surface area (Å²) in [5.74, 6) is 1.33. The third-order valence-electron chi connectivity index (χ3n) is 5.68. The zero-order chi connectivity index (χ0) is 20.7. The van der Waals surface area contributed by atoms with E-state index in [1.165, 1.54) is 5.56 Å². The van der Waals surface area contributed by atoms with Gasteiger partial charge in [0, 0.05) is 17.9 Å². The highest BCUT2D eigenvalue weighted by atomic mass is 16.3. The molecule has 5 heteroatoms. The van der Waals surface area contributed by atoms with Crippen LogP contribution in [0.4, 0.5) is 5.69 Å². The number of carbonyl (C=O) groups is 1. The average Bonchev–Trinajstić information content (AvgIpc) is 3.40. The highest BCUT2D eigenvalue weighted by Crippen LogP contribution is 2.34. The van der Waals surface area contributed by atoms with Crippen LogP contribution in [0.5, 0.6) is 0 Å². The van der Waals surface area contributed by atoms with E-state index < -0.39 is 0 Å². The number of amides is 1. The van der Waals surface area contributed by atoms with Crippen molar-refractivity contribution in [1.29, 1.82) is 0 Å². The number of anilines is 1. The van der Waals surface area contributed by atoms with Crippen molar-refractivity contribution in [1.82, 2.24) is 9.78 Å². The molecule has 0 N–H and O–H groups in total. The maximum atomic E-state index is 13.8. The number of benzene rings is 2. The summed E-state index contributed by atoms with van der Waals surface area (Å²) in [6.45, 7) is 3.99. The maximum Gasteiger partial charge on any atom is 0.262 e. The summed E-state index contributed by atoms with van der Waals surface area (Å²) in [5, 5.41) is 4.74. The molecule has 1 aliphatic heterocycles. The fourth-order valence-corrected chi connectivity index (χ4v) is 4.11. The lowest BCUT2D eigenvalue weighted by molar-refractivity contribution is 0.0975. The summed E-state index contributed by atoms with van der Waals surface area (Å²) in [5.41, 5.74) is 4.18. The third kappa shape index (κ3) is 3.12. The molecule has 0 fully saturated rings. The summed E-state index contributed by atoms with van der Waals surface area (Å²) in [4.78, 5) is 15.8. The van der Waals surface area contributed by atoms with Crippen molar-refractivity contribution in [2.45, 2.75) is 32.7 Å². The summed E-state index contributed by atoms with van der Waals surface area (Å²) in [6.07, 6.45) is 3.73. The van der Waals surface area contributed by atoms with Gasteiger partial charge in [0.2, 0.25) is 0 Å². The Hall–Kier alpha value is -3.60. The Bertz CT molecular complexity index is 1210. The number of carbonyl (C=O) groups excluding carboxylic acids is 1. The van der Waals surface area contributed by atoms with Crippen molar-refractivity contribution in [3.8, 4) is 17.1 Å². The van der Waals surface area contributed by atoms with Crippen LogP contribution in [0.15, 0.2) is 77.3 Å². The van der Waals surface area contributed by atoms with Gasteiger partial charge in [0.15, 0.2) is 5.76 Å². The van der Waals surface area contributed by atoms with E-state index >= 15 is 0 Å². The minimum Gasteiger partial charge on any atom is -0.460 e. The Morgan fingerprint density at radius 2 is 1.80 bits per heavy atom. The molecule has 3 heterocycles. The second-order valence-corrected chi connectivity index (χ2v) is 7.77. The summed E-state index contributed by atoms with van der Waals surface area (Å²) in [6, 6.07) is 21.8. The van der Waals surface area contributed by atoms with Gasteiger partial charge < -0.3 is 9.32 Å². The zero-order valence-corrected chi connectivity index (χ0v) is 17.1. The van der Waals surface area contributed by atoms with Gasteiger partial charge in [0.05, 0.1) is 11.3 Å². The van der Waals surface area contributed by atoms with Crippen molar-refractivity contribution in [2.24, 2.45) is 0 Å². The Morgan fingerprint density at radius 1 is 1.03 bits per heavy atom. The summed E-state index contributed by atoms with van der Waals surface area (Å²) in [7, 11) is 0. The molecule has 0 spiro atoms. The lowest BCUT2D eigenvalue weighted by Gasteiger charge is -2.35. The van der Waals surface area contributed by atoms with Gasteiger partial charge in [-0.15, -0.1) is 0 Å². The Morgan fingerprint density at radius 3 is 2.57 bits per heavy atom. The van der Waals surface area contributed by atoms with Crippen LogP contribution in [0.1, 0.15) is 35.0 Å². The molecule has 1 aliphatic rings. The zero-order valence-electron chi connectivity index (χ0n) is 17.1. The van der Waals surface area contributed by atoms with Crippen LogP contribution in [-0.4, -0.2) is 21.7 Å². The summed E-state index contributed by atoms with van der Waals surface area (Å²) >= 11 is 0. The van der Waals surface area contributed by atoms with Gasteiger partial charge in [0.1, 0.15) is 11.5 Å². The van der Waals surface area contributed by atoms with E-state index in [4.69, 9.17) is 9.52 Å². The molecule has 2 aromatic carbocycles. The van der Waals surface area contributed by atoms with Gasteiger partial charge in [-0.1, -0.05) is 36.4 Å². The molecule has 4 aromatic rings. The van der Waals surface area contributed by atoms with Crippen molar-refractivity contribution in [2.75, 3.05) is 4.90 Å². The molecular weight excluding hydrogens is 374 g/mol. The number of furan rings is 1. The topological polar surface area (TPSA) is 51.3 Å². The smallest absolute Gasteiger partial charge is 0.262 e. The molecule has 30 heavy (non-hydrogen) atoms. The second-order valence-electron chi connectivity index (χ2n) is 7.77. The van der Waals surface area contributed by atoms with E-state index in [1.807, 2.05) is 78.7 Å². The Kier molecular flexibility index (Phi) is 4.51. The maximum absolute atomic E-state index is 13.8. The Labute approximate surface area is 175 Å². The van der Waals surface area contributed by atoms with E-state index in [-0.39, 0.29) is 11.9 Å². The number of nitrogens with zero attached hydrogens (tertiary/aromatic N) is 3. The van der Waals surface area contributed by atoms with Gasteiger partial charge in [-0.25, -0.2) is 4.68 Å². The molecule has 0 saturated heterocycles. The molecule has 0 unspecified atom stereocenters. The van der Waals surface area contributed by atoms with E-state index in [1.54, 1.807) is 4.68 Å². The number of para-hydroxylation sites is 2. The number of hydrogen-bond acceptors (Lipinski definition) is 3. The van der Waals surface area contributed by atoms with Crippen LogP contribution in [-0.2, 0) is 6.42 Å². The number of fused-ring (bicyclic) bond motifs is 1. The molecule has 1 amide bonds. The highest BCUT2D eigenvalue weighted by Gasteiger charge is 2.32. The van der Waals surface area contributed by atoms with Gasteiger partial charge in [-0.3, -0.25) is 4.79 Å². The fourth-order valence-electron chi connectivity index (χ4n) is 4.11. The first-order valence-electron chi connectivity index (χ1n) is 10.2. The lowest BCUT2D eigenvalue weighted by Crippen LogP contribution is -2.42. The fraction of sp³-hybridized carbons (Fsp3) is 0.200. The normalized spacial score (nSPS) is 15.8. The van der Waals surface area contributed by atoms with Crippen LogP contribution in [0, 0.1) is 6.92 Å². The molecule has 0 bridgehead atoms. The van der Waals surface area contributed by atoms with Crippen LogP contribution in [0.2, 0.25) is 0 Å². The first-order chi connectivity index (χ1) is 14.6. The second kappa shape index (κ2) is 7.34.